The second-order valence-corrected chi connectivity index (χ2v) is 7.18. The number of likely N-dealkylation sites (tertiary alicyclic amines) is 1. The molecule has 3 rings (SSSR count). The first-order valence-corrected chi connectivity index (χ1v) is 8.40. The van der Waals surface area contributed by atoms with Crippen LogP contribution in [0.2, 0.25) is 0 Å². The molecule has 2 aliphatic heterocycles. The van der Waals surface area contributed by atoms with Crippen molar-refractivity contribution < 1.29 is 14.3 Å². The van der Waals surface area contributed by atoms with E-state index in [0.29, 0.717) is 6.42 Å². The standard InChI is InChI=1S/C16H21NO3S/c1-12(18)14-7-13(9-21-14)8-15(19)17-5-2-3-16(10-17)4-6-20-11-16/h7,9H,2-6,8,10-11H2,1H3/t16-/m0/s1. The molecule has 21 heavy (non-hydrogen) atoms. The highest BCUT2D eigenvalue weighted by molar-refractivity contribution is 7.12. The summed E-state index contributed by atoms with van der Waals surface area (Å²) in [7, 11) is 0. The summed E-state index contributed by atoms with van der Waals surface area (Å²) >= 11 is 1.42. The number of carbonyl (C=O) groups is 2. The second kappa shape index (κ2) is 5.89. The molecule has 0 radical (unpaired) electrons. The van der Waals surface area contributed by atoms with E-state index < -0.39 is 0 Å². The molecule has 2 saturated heterocycles. The van der Waals surface area contributed by atoms with Gasteiger partial charge in [-0.1, -0.05) is 0 Å². The Kier molecular flexibility index (Phi) is 4.13. The Morgan fingerprint density at radius 2 is 2.29 bits per heavy atom. The Hall–Kier alpha value is -1.20. The fourth-order valence-corrected chi connectivity index (χ4v) is 4.15. The van der Waals surface area contributed by atoms with Crippen molar-refractivity contribution in [3.8, 4) is 0 Å². The summed E-state index contributed by atoms with van der Waals surface area (Å²) in [6.07, 6.45) is 3.71. The molecule has 1 aromatic heterocycles. The lowest BCUT2D eigenvalue weighted by atomic mass is 9.79. The van der Waals surface area contributed by atoms with Gasteiger partial charge in [-0.05, 0) is 43.2 Å². The van der Waals surface area contributed by atoms with Gasteiger partial charge in [0.2, 0.25) is 5.91 Å². The van der Waals surface area contributed by atoms with Crippen LogP contribution in [0.5, 0.6) is 0 Å². The van der Waals surface area contributed by atoms with Crippen LogP contribution in [0.15, 0.2) is 11.4 Å². The normalized spacial score (nSPS) is 25.5. The zero-order valence-electron chi connectivity index (χ0n) is 12.4. The quantitative estimate of drug-likeness (QED) is 0.806. The van der Waals surface area contributed by atoms with Crippen LogP contribution in [-0.4, -0.2) is 42.9 Å². The lowest BCUT2D eigenvalue weighted by Crippen LogP contribution is -2.47. The van der Waals surface area contributed by atoms with Gasteiger partial charge in [-0.2, -0.15) is 0 Å². The van der Waals surface area contributed by atoms with Crippen molar-refractivity contribution in [3.05, 3.63) is 21.9 Å². The van der Waals surface area contributed by atoms with Crippen molar-refractivity contribution >= 4 is 23.0 Å². The Morgan fingerprint density at radius 3 is 2.95 bits per heavy atom. The first-order chi connectivity index (χ1) is 10.1. The Balaban J connectivity index is 1.63. The molecule has 0 bridgehead atoms. The molecule has 0 N–H and O–H groups in total. The summed E-state index contributed by atoms with van der Waals surface area (Å²) in [5.74, 6) is 0.243. The Morgan fingerprint density at radius 1 is 1.43 bits per heavy atom. The predicted octanol–water partition coefficient (Wildman–Crippen LogP) is 2.52. The van der Waals surface area contributed by atoms with Crippen molar-refractivity contribution in [1.82, 2.24) is 4.90 Å². The number of nitrogens with zero attached hydrogens (tertiary/aromatic N) is 1. The van der Waals surface area contributed by atoms with Gasteiger partial charge in [0.1, 0.15) is 0 Å². The minimum absolute atomic E-state index is 0.0683. The van der Waals surface area contributed by atoms with E-state index in [1.54, 1.807) is 6.92 Å². The van der Waals surface area contributed by atoms with Gasteiger partial charge in [0.05, 0.1) is 17.9 Å². The Labute approximate surface area is 129 Å². The molecule has 0 saturated carbocycles. The molecular weight excluding hydrogens is 286 g/mol. The number of amides is 1. The van der Waals surface area contributed by atoms with Crippen LogP contribution in [0.25, 0.3) is 0 Å². The average molecular weight is 307 g/mol. The fraction of sp³-hybridized carbons (Fsp3) is 0.625. The van der Waals surface area contributed by atoms with E-state index in [9.17, 15) is 9.59 Å². The molecule has 114 valence electrons. The van der Waals surface area contributed by atoms with Gasteiger partial charge in [-0.15, -0.1) is 11.3 Å². The smallest absolute Gasteiger partial charge is 0.227 e. The van der Waals surface area contributed by atoms with Crippen LogP contribution in [0.1, 0.15) is 41.4 Å². The largest absolute Gasteiger partial charge is 0.381 e. The van der Waals surface area contributed by atoms with E-state index >= 15 is 0 Å². The molecule has 3 heterocycles. The summed E-state index contributed by atoms with van der Waals surface area (Å²) in [6, 6.07) is 1.85. The maximum atomic E-state index is 12.5. The maximum absolute atomic E-state index is 12.5. The van der Waals surface area contributed by atoms with Gasteiger partial charge in [0, 0.05) is 25.1 Å². The zero-order chi connectivity index (χ0) is 14.9. The third-order valence-electron chi connectivity index (χ3n) is 4.56. The van der Waals surface area contributed by atoms with Crippen LogP contribution in [0, 0.1) is 5.41 Å². The SMILES string of the molecule is CC(=O)c1cc(CC(=O)N2CCC[C@]3(CCOC3)C2)cs1. The topological polar surface area (TPSA) is 46.6 Å². The monoisotopic (exact) mass is 307 g/mol. The molecule has 2 aliphatic rings. The van der Waals surface area contributed by atoms with Gasteiger partial charge in [0.15, 0.2) is 5.78 Å². The van der Waals surface area contributed by atoms with E-state index in [4.69, 9.17) is 4.74 Å². The molecule has 2 fully saturated rings. The number of hydrogen-bond acceptors (Lipinski definition) is 4. The van der Waals surface area contributed by atoms with Crippen molar-refractivity contribution in [2.75, 3.05) is 26.3 Å². The third kappa shape index (κ3) is 3.19. The number of thiophene rings is 1. The number of hydrogen-bond donors (Lipinski definition) is 0. The number of ketones is 1. The van der Waals surface area contributed by atoms with Crippen LogP contribution in [0.4, 0.5) is 0 Å². The van der Waals surface area contributed by atoms with Crippen LogP contribution in [-0.2, 0) is 16.0 Å². The van der Waals surface area contributed by atoms with Crippen molar-refractivity contribution in [2.24, 2.45) is 5.41 Å². The number of piperidine rings is 1. The van der Waals surface area contributed by atoms with E-state index in [1.165, 1.54) is 17.8 Å². The minimum atomic E-state index is 0.0683. The third-order valence-corrected chi connectivity index (χ3v) is 5.64. The predicted molar refractivity (Wildman–Crippen MR) is 81.7 cm³/mol. The van der Waals surface area contributed by atoms with Crippen LogP contribution < -0.4 is 0 Å². The highest BCUT2D eigenvalue weighted by Crippen LogP contribution is 2.37. The van der Waals surface area contributed by atoms with Gasteiger partial charge in [-0.3, -0.25) is 9.59 Å². The second-order valence-electron chi connectivity index (χ2n) is 6.27. The number of ether oxygens (including phenoxy) is 1. The first kappa shape index (κ1) is 14.7. The molecule has 4 nitrogen and oxygen atoms in total. The Bertz CT molecular complexity index is 545. The molecule has 0 aliphatic carbocycles. The van der Waals surface area contributed by atoms with Crippen molar-refractivity contribution in [1.29, 1.82) is 0 Å². The summed E-state index contributed by atoms with van der Waals surface area (Å²) in [6.45, 7) is 4.87. The average Bonchev–Trinajstić information content (AvgIpc) is 3.09. The van der Waals surface area contributed by atoms with E-state index in [0.717, 1.165) is 49.6 Å². The van der Waals surface area contributed by atoms with Crippen LogP contribution >= 0.6 is 11.3 Å². The van der Waals surface area contributed by atoms with Crippen molar-refractivity contribution in [3.63, 3.8) is 0 Å². The molecule has 1 spiro atoms. The first-order valence-electron chi connectivity index (χ1n) is 7.52. The maximum Gasteiger partial charge on any atom is 0.227 e. The number of rotatable bonds is 3. The molecule has 1 aromatic rings. The summed E-state index contributed by atoms with van der Waals surface area (Å²) in [5, 5.41) is 1.92. The summed E-state index contributed by atoms with van der Waals surface area (Å²) < 4.78 is 5.54. The minimum Gasteiger partial charge on any atom is -0.381 e. The summed E-state index contributed by atoms with van der Waals surface area (Å²) in [4.78, 5) is 26.5. The lowest BCUT2D eigenvalue weighted by Gasteiger charge is -2.39. The molecule has 0 aromatic carbocycles. The highest BCUT2D eigenvalue weighted by Gasteiger charge is 2.40. The molecule has 0 unspecified atom stereocenters. The molecule has 1 amide bonds. The van der Waals surface area contributed by atoms with Gasteiger partial charge < -0.3 is 9.64 Å². The zero-order valence-corrected chi connectivity index (χ0v) is 13.2. The van der Waals surface area contributed by atoms with Crippen LogP contribution in [0.3, 0.4) is 0 Å². The van der Waals surface area contributed by atoms with Gasteiger partial charge in [-0.25, -0.2) is 0 Å². The van der Waals surface area contributed by atoms with E-state index in [-0.39, 0.29) is 17.1 Å². The number of carbonyl (C=O) groups excluding carboxylic acids is 2. The molecule has 5 heteroatoms. The number of Topliss-reactive ketones (excluding diaryl/α,β-unsaturated/α-hetero) is 1. The van der Waals surface area contributed by atoms with Gasteiger partial charge >= 0.3 is 0 Å². The molecule has 1 atom stereocenters. The van der Waals surface area contributed by atoms with Crippen molar-refractivity contribution in [2.45, 2.75) is 32.6 Å². The highest BCUT2D eigenvalue weighted by atomic mass is 32.1. The lowest BCUT2D eigenvalue weighted by molar-refractivity contribution is -0.134. The summed E-state index contributed by atoms with van der Waals surface area (Å²) in [5.41, 5.74) is 1.16. The van der Waals surface area contributed by atoms with E-state index in [1.807, 2.05) is 16.3 Å². The fourth-order valence-electron chi connectivity index (χ4n) is 3.33. The van der Waals surface area contributed by atoms with E-state index in [2.05, 4.69) is 0 Å². The molecular formula is C16H21NO3S. The van der Waals surface area contributed by atoms with Gasteiger partial charge in [0.25, 0.3) is 0 Å².